The second-order valence-electron chi connectivity index (χ2n) is 3.81. The van der Waals surface area contributed by atoms with Gasteiger partial charge in [-0.3, -0.25) is 4.98 Å². The van der Waals surface area contributed by atoms with Crippen molar-refractivity contribution in [3.05, 3.63) is 40.8 Å². The fourth-order valence-corrected chi connectivity index (χ4v) is 2.09. The van der Waals surface area contributed by atoms with E-state index in [4.69, 9.17) is 4.74 Å². The van der Waals surface area contributed by atoms with Crippen LogP contribution in [0.4, 0.5) is 4.39 Å². The molecule has 0 bridgehead atoms. The standard InChI is InChI=1S/C12H10FNO/c1-7-10-5-15-6-11(10)9-4-8(13)2-3-12(9)14-7/h2-4H,5-6H2,1H3. The molecule has 0 spiro atoms. The highest BCUT2D eigenvalue weighted by atomic mass is 19.1. The monoisotopic (exact) mass is 203 g/mol. The van der Waals surface area contributed by atoms with Crippen LogP contribution in [0.2, 0.25) is 0 Å². The van der Waals surface area contributed by atoms with Crippen molar-refractivity contribution >= 4 is 10.9 Å². The summed E-state index contributed by atoms with van der Waals surface area (Å²) in [4.78, 5) is 4.44. The van der Waals surface area contributed by atoms with Crippen LogP contribution in [0.15, 0.2) is 18.2 Å². The summed E-state index contributed by atoms with van der Waals surface area (Å²) in [5, 5.41) is 0.882. The molecule has 0 saturated heterocycles. The lowest BCUT2D eigenvalue weighted by molar-refractivity contribution is 0.134. The predicted octanol–water partition coefficient (Wildman–Crippen LogP) is 2.71. The number of ether oxygens (including phenoxy) is 1. The lowest BCUT2D eigenvalue weighted by Crippen LogP contribution is -1.94. The summed E-state index contributed by atoms with van der Waals surface area (Å²) in [6, 6.07) is 4.70. The van der Waals surface area contributed by atoms with Crippen LogP contribution < -0.4 is 0 Å². The molecular formula is C12H10FNO. The summed E-state index contributed by atoms with van der Waals surface area (Å²) in [7, 11) is 0. The molecule has 0 aliphatic carbocycles. The van der Waals surface area contributed by atoms with Crippen molar-refractivity contribution in [3.63, 3.8) is 0 Å². The first-order chi connectivity index (χ1) is 7.25. The molecule has 0 radical (unpaired) electrons. The molecular weight excluding hydrogens is 193 g/mol. The molecule has 0 atom stereocenters. The zero-order valence-corrected chi connectivity index (χ0v) is 8.38. The highest BCUT2D eigenvalue weighted by Gasteiger charge is 2.18. The molecule has 1 aliphatic rings. The van der Waals surface area contributed by atoms with Crippen molar-refractivity contribution in [3.8, 4) is 0 Å². The number of fused-ring (bicyclic) bond motifs is 3. The Bertz CT molecular complexity index is 551. The maximum Gasteiger partial charge on any atom is 0.123 e. The van der Waals surface area contributed by atoms with Crippen LogP contribution in [0, 0.1) is 12.7 Å². The van der Waals surface area contributed by atoms with Crippen LogP contribution in [0.1, 0.15) is 16.8 Å². The topological polar surface area (TPSA) is 22.1 Å². The number of benzene rings is 1. The van der Waals surface area contributed by atoms with Gasteiger partial charge in [0.05, 0.1) is 18.7 Å². The third kappa shape index (κ3) is 1.23. The maximum atomic E-state index is 13.1. The number of nitrogens with zero attached hydrogens (tertiary/aromatic N) is 1. The Morgan fingerprint density at radius 2 is 2.07 bits per heavy atom. The van der Waals surface area contributed by atoms with Gasteiger partial charge in [0, 0.05) is 16.6 Å². The van der Waals surface area contributed by atoms with Gasteiger partial charge in [0.1, 0.15) is 5.82 Å². The van der Waals surface area contributed by atoms with Gasteiger partial charge in [-0.2, -0.15) is 0 Å². The van der Waals surface area contributed by atoms with E-state index in [1.54, 1.807) is 6.07 Å². The van der Waals surface area contributed by atoms with Gasteiger partial charge in [0.2, 0.25) is 0 Å². The molecule has 2 heterocycles. The molecule has 0 fully saturated rings. The van der Waals surface area contributed by atoms with E-state index in [0.29, 0.717) is 13.2 Å². The number of hydrogen-bond donors (Lipinski definition) is 0. The van der Waals surface area contributed by atoms with E-state index >= 15 is 0 Å². The van der Waals surface area contributed by atoms with Gasteiger partial charge < -0.3 is 4.74 Å². The number of pyridine rings is 1. The minimum atomic E-state index is -0.220. The number of rotatable bonds is 0. The molecule has 1 aromatic carbocycles. The normalized spacial score (nSPS) is 14.5. The average Bonchev–Trinajstić information content (AvgIpc) is 2.69. The number of halogens is 1. The molecule has 0 saturated carbocycles. The zero-order valence-electron chi connectivity index (χ0n) is 8.38. The van der Waals surface area contributed by atoms with E-state index in [2.05, 4.69) is 4.98 Å². The molecule has 0 amide bonds. The summed E-state index contributed by atoms with van der Waals surface area (Å²) in [5.74, 6) is -0.220. The fourth-order valence-electron chi connectivity index (χ4n) is 2.09. The first-order valence-electron chi connectivity index (χ1n) is 4.91. The first kappa shape index (κ1) is 8.80. The van der Waals surface area contributed by atoms with E-state index in [9.17, 15) is 4.39 Å². The van der Waals surface area contributed by atoms with Crippen LogP contribution >= 0.6 is 0 Å². The van der Waals surface area contributed by atoms with Gasteiger partial charge in [-0.15, -0.1) is 0 Å². The van der Waals surface area contributed by atoms with Crippen molar-refractivity contribution in [1.29, 1.82) is 0 Å². The molecule has 1 aliphatic heterocycles. The summed E-state index contributed by atoms with van der Waals surface area (Å²) in [5.41, 5.74) is 4.05. The first-order valence-corrected chi connectivity index (χ1v) is 4.91. The van der Waals surface area contributed by atoms with Crippen molar-refractivity contribution in [2.45, 2.75) is 20.1 Å². The minimum absolute atomic E-state index is 0.220. The molecule has 3 rings (SSSR count). The third-order valence-corrected chi connectivity index (χ3v) is 2.87. The minimum Gasteiger partial charge on any atom is -0.372 e. The Balaban J connectivity index is 2.44. The SMILES string of the molecule is Cc1nc2ccc(F)cc2c2c1COC2. The van der Waals surface area contributed by atoms with Crippen molar-refractivity contribution in [1.82, 2.24) is 4.98 Å². The number of aryl methyl sites for hydroxylation is 1. The number of hydrogen-bond acceptors (Lipinski definition) is 2. The van der Waals surface area contributed by atoms with Gasteiger partial charge in [-0.25, -0.2) is 4.39 Å². The Morgan fingerprint density at radius 1 is 1.27 bits per heavy atom. The molecule has 0 N–H and O–H groups in total. The lowest BCUT2D eigenvalue weighted by Gasteiger charge is -2.06. The largest absolute Gasteiger partial charge is 0.372 e. The predicted molar refractivity (Wildman–Crippen MR) is 54.9 cm³/mol. The van der Waals surface area contributed by atoms with E-state index in [1.807, 2.05) is 6.92 Å². The van der Waals surface area contributed by atoms with Crippen LogP contribution in [0.3, 0.4) is 0 Å². The zero-order chi connectivity index (χ0) is 10.4. The van der Waals surface area contributed by atoms with E-state index < -0.39 is 0 Å². The molecule has 2 aromatic rings. The maximum absolute atomic E-state index is 13.1. The summed E-state index contributed by atoms with van der Waals surface area (Å²) in [6.45, 7) is 3.13. The van der Waals surface area contributed by atoms with Gasteiger partial charge >= 0.3 is 0 Å². The summed E-state index contributed by atoms with van der Waals surface area (Å²) < 4.78 is 18.5. The van der Waals surface area contributed by atoms with E-state index in [1.165, 1.54) is 12.1 Å². The lowest BCUT2D eigenvalue weighted by atomic mass is 10.0. The molecule has 15 heavy (non-hydrogen) atoms. The van der Waals surface area contributed by atoms with Crippen LogP contribution in [-0.2, 0) is 18.0 Å². The molecule has 2 nitrogen and oxygen atoms in total. The van der Waals surface area contributed by atoms with Crippen LogP contribution in [-0.4, -0.2) is 4.98 Å². The average molecular weight is 203 g/mol. The van der Waals surface area contributed by atoms with Crippen molar-refractivity contribution in [2.24, 2.45) is 0 Å². The molecule has 0 unspecified atom stereocenters. The highest BCUT2D eigenvalue weighted by Crippen LogP contribution is 2.29. The Hall–Kier alpha value is -1.48. The highest BCUT2D eigenvalue weighted by molar-refractivity contribution is 5.84. The van der Waals surface area contributed by atoms with Crippen molar-refractivity contribution < 1.29 is 9.13 Å². The third-order valence-electron chi connectivity index (χ3n) is 2.87. The molecule has 1 aromatic heterocycles. The Labute approximate surface area is 86.7 Å². The molecule has 76 valence electrons. The summed E-state index contributed by atoms with van der Waals surface area (Å²) >= 11 is 0. The molecule has 3 heteroatoms. The van der Waals surface area contributed by atoms with Crippen molar-refractivity contribution in [2.75, 3.05) is 0 Å². The smallest absolute Gasteiger partial charge is 0.123 e. The second kappa shape index (κ2) is 3.00. The summed E-state index contributed by atoms with van der Waals surface area (Å²) in [6.07, 6.45) is 0. The Morgan fingerprint density at radius 3 is 2.93 bits per heavy atom. The Kier molecular flexibility index (Phi) is 1.76. The van der Waals surface area contributed by atoms with Crippen LogP contribution in [0.5, 0.6) is 0 Å². The van der Waals surface area contributed by atoms with Gasteiger partial charge in [0.15, 0.2) is 0 Å². The van der Waals surface area contributed by atoms with E-state index in [-0.39, 0.29) is 5.82 Å². The van der Waals surface area contributed by atoms with E-state index in [0.717, 1.165) is 27.7 Å². The van der Waals surface area contributed by atoms with Gasteiger partial charge in [0.25, 0.3) is 0 Å². The second-order valence-corrected chi connectivity index (χ2v) is 3.81. The fraction of sp³-hybridized carbons (Fsp3) is 0.250. The number of aromatic nitrogens is 1. The van der Waals surface area contributed by atoms with Gasteiger partial charge in [-0.05, 0) is 30.7 Å². The quantitative estimate of drug-likeness (QED) is 0.656. The van der Waals surface area contributed by atoms with Crippen LogP contribution in [0.25, 0.3) is 10.9 Å². The van der Waals surface area contributed by atoms with Gasteiger partial charge in [-0.1, -0.05) is 0 Å².